The molecule has 0 unspecified atom stereocenters. The predicted octanol–water partition coefficient (Wildman–Crippen LogP) is 2.35. The number of nitrogens with zero attached hydrogens (tertiary/aromatic N) is 2. The number of nitrogens with one attached hydrogen (secondary N) is 3. The maximum Gasteiger partial charge on any atom is 0.255 e. The number of H-pyrrole nitrogens is 1. The number of halogens is 2. The van der Waals surface area contributed by atoms with Gasteiger partial charge in [-0.2, -0.15) is 0 Å². The SMILES string of the molecule is Cc1[nH]c2c(-c3ccc(F)cc3OCC3CC3)ncnc2c1C(=O)N[C@@H]1CNC[C@@H]1O.Cl. The lowest BCUT2D eigenvalue weighted by molar-refractivity contribution is 0.0889. The maximum absolute atomic E-state index is 13.9. The molecule has 1 aromatic carbocycles. The van der Waals surface area contributed by atoms with Gasteiger partial charge in [-0.25, -0.2) is 14.4 Å². The van der Waals surface area contributed by atoms with Crippen LogP contribution in [0.4, 0.5) is 4.39 Å². The molecular weight excluding hydrogens is 437 g/mol. The summed E-state index contributed by atoms with van der Waals surface area (Å²) in [4.78, 5) is 24.9. The predicted molar refractivity (Wildman–Crippen MR) is 120 cm³/mol. The number of hydrogen-bond donors (Lipinski definition) is 4. The lowest BCUT2D eigenvalue weighted by Gasteiger charge is -2.15. The fourth-order valence-electron chi connectivity index (χ4n) is 3.96. The first kappa shape index (κ1) is 22.4. The van der Waals surface area contributed by atoms with E-state index in [0.717, 1.165) is 12.8 Å². The summed E-state index contributed by atoms with van der Waals surface area (Å²) in [7, 11) is 0. The number of β-amino-alcohol motifs (C(OH)–C–C–N with tert-alkyl or cyclic N) is 1. The van der Waals surface area contributed by atoms with E-state index < -0.39 is 6.10 Å². The van der Waals surface area contributed by atoms with Gasteiger partial charge in [-0.1, -0.05) is 0 Å². The average molecular weight is 462 g/mol. The van der Waals surface area contributed by atoms with Crippen molar-refractivity contribution >= 4 is 29.3 Å². The highest BCUT2D eigenvalue weighted by atomic mass is 35.5. The highest BCUT2D eigenvalue weighted by Gasteiger charge is 2.29. The molecule has 2 aromatic heterocycles. The number of aliphatic hydroxyl groups excluding tert-OH is 1. The van der Waals surface area contributed by atoms with Gasteiger partial charge in [0.15, 0.2) is 0 Å². The Kier molecular flexibility index (Phi) is 6.32. The summed E-state index contributed by atoms with van der Waals surface area (Å²) in [5.41, 5.74) is 3.27. The molecule has 2 fully saturated rings. The Morgan fingerprint density at radius 2 is 2.12 bits per heavy atom. The van der Waals surface area contributed by atoms with Crippen LogP contribution in [-0.4, -0.2) is 57.8 Å². The van der Waals surface area contributed by atoms with Gasteiger partial charge in [-0.3, -0.25) is 4.79 Å². The number of hydrogen-bond acceptors (Lipinski definition) is 6. The van der Waals surface area contributed by atoms with Crippen molar-refractivity contribution in [2.45, 2.75) is 31.9 Å². The molecule has 1 saturated carbocycles. The van der Waals surface area contributed by atoms with Crippen LogP contribution in [0.15, 0.2) is 24.5 Å². The van der Waals surface area contributed by atoms with Gasteiger partial charge in [0.25, 0.3) is 5.91 Å². The molecular formula is C22H25ClFN5O3. The van der Waals surface area contributed by atoms with Crippen molar-refractivity contribution in [1.29, 1.82) is 0 Å². The van der Waals surface area contributed by atoms with Crippen LogP contribution in [0, 0.1) is 18.7 Å². The van der Waals surface area contributed by atoms with Crippen LogP contribution >= 0.6 is 12.4 Å². The number of fused-ring (bicyclic) bond motifs is 1. The molecule has 32 heavy (non-hydrogen) atoms. The smallest absolute Gasteiger partial charge is 0.255 e. The minimum absolute atomic E-state index is 0. The largest absolute Gasteiger partial charge is 0.492 e. The number of carbonyl (C=O) groups is 1. The summed E-state index contributed by atoms with van der Waals surface area (Å²) in [5.74, 6) is 0.243. The van der Waals surface area contributed by atoms with Gasteiger partial charge in [-0.05, 0) is 37.8 Å². The summed E-state index contributed by atoms with van der Waals surface area (Å²) in [6.45, 7) is 3.28. The van der Waals surface area contributed by atoms with E-state index in [1.54, 1.807) is 13.0 Å². The van der Waals surface area contributed by atoms with E-state index in [9.17, 15) is 14.3 Å². The van der Waals surface area contributed by atoms with E-state index in [0.29, 0.717) is 64.9 Å². The van der Waals surface area contributed by atoms with E-state index in [2.05, 4.69) is 25.6 Å². The highest BCUT2D eigenvalue weighted by molar-refractivity contribution is 6.09. The molecule has 3 aromatic rings. The van der Waals surface area contributed by atoms with Crippen molar-refractivity contribution in [3.05, 3.63) is 41.6 Å². The van der Waals surface area contributed by atoms with Crippen molar-refractivity contribution in [2.75, 3.05) is 19.7 Å². The van der Waals surface area contributed by atoms with Gasteiger partial charge < -0.3 is 25.5 Å². The molecule has 2 atom stereocenters. The normalized spacial score (nSPS) is 20.2. The lowest BCUT2D eigenvalue weighted by Crippen LogP contribution is -2.42. The standard InChI is InChI=1S/C22H24FN5O3.ClH/c1-11-18(22(30)28-15-7-24-8-16(15)29)20-21(27-11)19(25-10-26-20)14-5-4-13(23)6-17(14)31-9-12-2-3-12;/h4-6,10,12,15-16,24,27,29H,2-3,7-9H2,1H3,(H,28,30);1H/t15-,16+;/m1./s1. The molecule has 0 spiro atoms. The minimum Gasteiger partial charge on any atom is -0.492 e. The molecule has 2 aliphatic rings. The summed E-state index contributed by atoms with van der Waals surface area (Å²) in [6, 6.07) is 4.00. The van der Waals surface area contributed by atoms with Gasteiger partial charge in [0.2, 0.25) is 0 Å². The van der Waals surface area contributed by atoms with Crippen LogP contribution in [0.1, 0.15) is 28.9 Å². The van der Waals surface area contributed by atoms with Crippen LogP contribution < -0.4 is 15.4 Å². The summed E-state index contributed by atoms with van der Waals surface area (Å²) in [5, 5.41) is 15.9. The molecule has 4 N–H and O–H groups in total. The molecule has 170 valence electrons. The van der Waals surface area contributed by atoms with E-state index in [-0.39, 0.29) is 30.2 Å². The monoisotopic (exact) mass is 461 g/mol. The second-order valence-electron chi connectivity index (χ2n) is 8.27. The number of aliphatic hydroxyl groups is 1. The molecule has 1 saturated heterocycles. The third kappa shape index (κ3) is 4.28. The molecule has 5 rings (SSSR count). The molecule has 1 amide bonds. The van der Waals surface area contributed by atoms with Gasteiger partial charge in [0.05, 0.1) is 29.8 Å². The maximum atomic E-state index is 13.9. The van der Waals surface area contributed by atoms with Gasteiger partial charge in [-0.15, -0.1) is 12.4 Å². The van der Waals surface area contributed by atoms with Crippen molar-refractivity contribution < 1.29 is 19.0 Å². The first-order chi connectivity index (χ1) is 15.0. The number of aromatic amines is 1. The first-order valence-electron chi connectivity index (χ1n) is 10.5. The Morgan fingerprint density at radius 3 is 2.84 bits per heavy atom. The topological polar surface area (TPSA) is 112 Å². The number of aromatic nitrogens is 3. The lowest BCUT2D eigenvalue weighted by atomic mass is 10.1. The summed E-state index contributed by atoms with van der Waals surface area (Å²) < 4.78 is 19.8. The van der Waals surface area contributed by atoms with Crippen molar-refractivity contribution in [2.24, 2.45) is 5.92 Å². The van der Waals surface area contributed by atoms with E-state index in [1.165, 1.54) is 18.5 Å². The average Bonchev–Trinajstić information content (AvgIpc) is 3.40. The van der Waals surface area contributed by atoms with Gasteiger partial charge >= 0.3 is 0 Å². The van der Waals surface area contributed by atoms with Crippen molar-refractivity contribution in [1.82, 2.24) is 25.6 Å². The van der Waals surface area contributed by atoms with E-state index in [4.69, 9.17) is 4.74 Å². The van der Waals surface area contributed by atoms with Crippen molar-refractivity contribution in [3.63, 3.8) is 0 Å². The Balaban J connectivity index is 0.00000245. The number of amides is 1. The zero-order chi connectivity index (χ0) is 21.5. The summed E-state index contributed by atoms with van der Waals surface area (Å²) in [6.07, 6.45) is 3.01. The Bertz CT molecular complexity index is 1150. The van der Waals surface area contributed by atoms with Crippen LogP contribution in [0.25, 0.3) is 22.3 Å². The van der Waals surface area contributed by atoms with Crippen LogP contribution in [0.3, 0.4) is 0 Å². The molecule has 1 aliphatic heterocycles. The number of benzene rings is 1. The third-order valence-electron chi connectivity index (χ3n) is 5.87. The molecule has 1 aliphatic carbocycles. The number of carbonyl (C=O) groups excluding carboxylic acids is 1. The Labute approximate surface area is 190 Å². The van der Waals surface area contributed by atoms with Crippen LogP contribution in [0.2, 0.25) is 0 Å². The molecule has 3 heterocycles. The van der Waals surface area contributed by atoms with Crippen LogP contribution in [0.5, 0.6) is 5.75 Å². The number of rotatable bonds is 6. The van der Waals surface area contributed by atoms with E-state index in [1.807, 2.05) is 0 Å². The van der Waals surface area contributed by atoms with Gasteiger partial charge in [0.1, 0.15) is 29.1 Å². The quantitative estimate of drug-likeness (QED) is 0.448. The fourth-order valence-corrected chi connectivity index (χ4v) is 3.96. The fraction of sp³-hybridized carbons (Fsp3) is 0.409. The molecule has 0 radical (unpaired) electrons. The van der Waals surface area contributed by atoms with Crippen molar-refractivity contribution in [3.8, 4) is 17.0 Å². The first-order valence-corrected chi connectivity index (χ1v) is 10.5. The van der Waals surface area contributed by atoms with E-state index >= 15 is 0 Å². The third-order valence-corrected chi connectivity index (χ3v) is 5.87. The highest BCUT2D eigenvalue weighted by Crippen LogP contribution is 2.36. The van der Waals surface area contributed by atoms with Crippen LogP contribution in [-0.2, 0) is 0 Å². The second-order valence-corrected chi connectivity index (χ2v) is 8.27. The molecule has 10 heteroatoms. The number of aryl methyl sites for hydroxylation is 1. The molecule has 8 nitrogen and oxygen atoms in total. The minimum atomic E-state index is -0.634. The Hall–Kier alpha value is -2.75. The zero-order valence-corrected chi connectivity index (χ0v) is 18.3. The zero-order valence-electron chi connectivity index (χ0n) is 17.5. The molecule has 0 bridgehead atoms. The summed E-state index contributed by atoms with van der Waals surface area (Å²) >= 11 is 0. The second kappa shape index (κ2) is 9.01. The van der Waals surface area contributed by atoms with Gasteiger partial charge in [0, 0.05) is 30.4 Å². The number of ether oxygens (including phenoxy) is 1. The Morgan fingerprint density at radius 1 is 1.31 bits per heavy atom.